The second kappa shape index (κ2) is 6.03. The minimum absolute atomic E-state index is 0.0395. The second-order valence-corrected chi connectivity index (χ2v) is 6.72. The average molecular weight is 296 g/mol. The molecule has 108 valence electrons. The first-order valence-electron chi connectivity index (χ1n) is 5.88. The summed E-state index contributed by atoms with van der Waals surface area (Å²) in [6.45, 7) is 3.01. The van der Waals surface area contributed by atoms with E-state index in [1.165, 1.54) is 26.0 Å². The average Bonchev–Trinajstić information content (AvgIpc) is 2.26. The lowest BCUT2D eigenvalue weighted by Gasteiger charge is -2.23. The van der Waals surface area contributed by atoms with Crippen molar-refractivity contribution >= 4 is 16.0 Å². The largest absolute Gasteiger partial charge is 0.481 e. The number of carboxylic acid groups (broad SMARTS) is 1. The maximum absolute atomic E-state index is 12.1. The maximum Gasteiger partial charge on any atom is 0.305 e. The number of aliphatic carboxylic acids is 1. The molecule has 0 saturated heterocycles. The molecule has 0 unspecified atom stereocenters. The summed E-state index contributed by atoms with van der Waals surface area (Å²) in [5.41, 5.74) is -0.369. The summed E-state index contributed by atoms with van der Waals surface area (Å²) in [4.78, 5) is 10.7. The molecular formula is C13H16N2O4S. The molecular weight excluding hydrogens is 280 g/mol. The van der Waals surface area contributed by atoms with Gasteiger partial charge >= 0.3 is 5.97 Å². The maximum atomic E-state index is 12.1. The number of rotatable bonds is 6. The zero-order valence-corrected chi connectivity index (χ0v) is 12.1. The quantitative estimate of drug-likeness (QED) is 0.822. The Bertz CT molecular complexity index is 627. The van der Waals surface area contributed by atoms with Crippen LogP contribution in [0.25, 0.3) is 0 Å². The smallest absolute Gasteiger partial charge is 0.305 e. The zero-order valence-electron chi connectivity index (χ0n) is 11.3. The van der Waals surface area contributed by atoms with E-state index in [2.05, 4.69) is 4.72 Å². The number of nitrogens with one attached hydrogen (secondary N) is 1. The molecule has 0 aliphatic carbocycles. The van der Waals surface area contributed by atoms with Gasteiger partial charge in [-0.3, -0.25) is 4.79 Å². The van der Waals surface area contributed by atoms with E-state index in [4.69, 9.17) is 10.4 Å². The van der Waals surface area contributed by atoms with Crippen molar-refractivity contribution in [2.24, 2.45) is 0 Å². The Morgan fingerprint density at radius 2 is 1.90 bits per heavy atom. The normalized spacial score (nSPS) is 11.8. The highest BCUT2D eigenvalue weighted by molar-refractivity contribution is 7.89. The third kappa shape index (κ3) is 4.64. The van der Waals surface area contributed by atoms with Crippen molar-refractivity contribution in [3.05, 3.63) is 29.8 Å². The fraction of sp³-hybridized carbons (Fsp3) is 0.385. The fourth-order valence-electron chi connectivity index (χ4n) is 1.71. The van der Waals surface area contributed by atoms with Crippen LogP contribution in [0.3, 0.4) is 0 Å². The first kappa shape index (κ1) is 16.1. The van der Waals surface area contributed by atoms with Crippen molar-refractivity contribution in [2.45, 2.75) is 37.1 Å². The molecule has 0 aromatic heterocycles. The van der Waals surface area contributed by atoms with Crippen LogP contribution < -0.4 is 4.72 Å². The van der Waals surface area contributed by atoms with Gasteiger partial charge in [-0.15, -0.1) is 0 Å². The first-order chi connectivity index (χ1) is 9.16. The minimum Gasteiger partial charge on any atom is -0.481 e. The molecule has 0 radical (unpaired) electrons. The molecule has 0 amide bonds. The molecule has 0 fully saturated rings. The van der Waals surface area contributed by atoms with E-state index in [9.17, 15) is 13.2 Å². The van der Waals surface area contributed by atoms with Gasteiger partial charge in [0.15, 0.2) is 0 Å². The van der Waals surface area contributed by atoms with E-state index in [0.717, 1.165) is 5.56 Å². The standard InChI is InChI=1S/C13H16N2O4S/c1-13(2,9-12(16)17)15-20(18,19)11-5-3-10(4-6-11)7-8-14/h3-6,15H,7,9H2,1-2H3,(H,16,17). The Labute approximate surface area is 118 Å². The monoisotopic (exact) mass is 296 g/mol. The van der Waals surface area contributed by atoms with Gasteiger partial charge in [0.1, 0.15) is 0 Å². The van der Waals surface area contributed by atoms with Crippen molar-refractivity contribution in [2.75, 3.05) is 0 Å². The number of nitriles is 1. The van der Waals surface area contributed by atoms with Crippen LogP contribution in [0.5, 0.6) is 0 Å². The Hall–Kier alpha value is -1.91. The number of hydrogen-bond acceptors (Lipinski definition) is 4. The molecule has 20 heavy (non-hydrogen) atoms. The highest BCUT2D eigenvalue weighted by atomic mass is 32.2. The number of carbonyl (C=O) groups is 1. The van der Waals surface area contributed by atoms with Gasteiger partial charge in [-0.05, 0) is 31.5 Å². The summed E-state index contributed by atoms with van der Waals surface area (Å²) in [7, 11) is -3.79. The summed E-state index contributed by atoms with van der Waals surface area (Å²) < 4.78 is 26.6. The van der Waals surface area contributed by atoms with Gasteiger partial charge in [-0.25, -0.2) is 13.1 Å². The molecule has 0 saturated carbocycles. The van der Waals surface area contributed by atoms with E-state index in [1.807, 2.05) is 6.07 Å². The van der Waals surface area contributed by atoms with E-state index in [0.29, 0.717) is 0 Å². The van der Waals surface area contributed by atoms with E-state index < -0.39 is 21.5 Å². The Morgan fingerprint density at radius 1 is 1.35 bits per heavy atom. The van der Waals surface area contributed by atoms with Crippen LogP contribution in [0.4, 0.5) is 0 Å². The predicted molar refractivity (Wildman–Crippen MR) is 72.4 cm³/mol. The molecule has 0 aliphatic heterocycles. The van der Waals surface area contributed by atoms with Crippen molar-refractivity contribution in [3.63, 3.8) is 0 Å². The third-order valence-electron chi connectivity index (χ3n) is 2.52. The molecule has 6 nitrogen and oxygen atoms in total. The van der Waals surface area contributed by atoms with Crippen molar-refractivity contribution < 1.29 is 18.3 Å². The Balaban J connectivity index is 2.94. The van der Waals surface area contributed by atoms with Crippen LogP contribution >= 0.6 is 0 Å². The molecule has 1 aromatic rings. The molecule has 0 heterocycles. The molecule has 0 bridgehead atoms. The molecule has 7 heteroatoms. The SMILES string of the molecule is CC(C)(CC(=O)O)NS(=O)(=O)c1ccc(CC#N)cc1. The lowest BCUT2D eigenvalue weighted by molar-refractivity contribution is -0.138. The summed E-state index contributed by atoms with van der Waals surface area (Å²) >= 11 is 0. The topological polar surface area (TPSA) is 107 Å². The van der Waals surface area contributed by atoms with Crippen molar-refractivity contribution in [3.8, 4) is 6.07 Å². The van der Waals surface area contributed by atoms with Gasteiger partial charge in [0.05, 0.1) is 23.8 Å². The minimum atomic E-state index is -3.79. The Kier molecular flexibility index (Phi) is 4.87. The number of sulfonamides is 1. The lowest BCUT2D eigenvalue weighted by atomic mass is 10.0. The lowest BCUT2D eigenvalue weighted by Crippen LogP contribution is -2.44. The molecule has 0 atom stereocenters. The number of benzene rings is 1. The highest BCUT2D eigenvalue weighted by Gasteiger charge is 2.28. The Morgan fingerprint density at radius 3 is 2.35 bits per heavy atom. The second-order valence-electron chi connectivity index (χ2n) is 5.04. The van der Waals surface area contributed by atoms with Crippen LogP contribution in [-0.2, 0) is 21.2 Å². The summed E-state index contributed by atoms with van der Waals surface area (Å²) in [5.74, 6) is -1.08. The number of nitrogens with zero attached hydrogens (tertiary/aromatic N) is 1. The van der Waals surface area contributed by atoms with Crippen LogP contribution in [0.2, 0.25) is 0 Å². The zero-order chi connectivity index (χ0) is 15.4. The van der Waals surface area contributed by atoms with Gasteiger partial charge < -0.3 is 5.11 Å². The number of carboxylic acids is 1. The van der Waals surface area contributed by atoms with E-state index in [-0.39, 0.29) is 17.7 Å². The van der Waals surface area contributed by atoms with Crippen molar-refractivity contribution in [1.82, 2.24) is 4.72 Å². The number of hydrogen-bond donors (Lipinski definition) is 2. The summed E-state index contributed by atoms with van der Waals surface area (Å²) in [6, 6.07) is 7.88. The molecule has 1 rings (SSSR count). The van der Waals surface area contributed by atoms with Gasteiger partial charge in [0.25, 0.3) is 0 Å². The fourth-order valence-corrected chi connectivity index (χ4v) is 3.13. The van der Waals surface area contributed by atoms with Gasteiger partial charge in [-0.2, -0.15) is 5.26 Å². The van der Waals surface area contributed by atoms with Crippen LogP contribution in [0.15, 0.2) is 29.2 Å². The summed E-state index contributed by atoms with van der Waals surface area (Å²) in [6.07, 6.45) is -0.114. The summed E-state index contributed by atoms with van der Waals surface area (Å²) in [5, 5.41) is 17.3. The highest BCUT2D eigenvalue weighted by Crippen LogP contribution is 2.16. The molecule has 0 spiro atoms. The third-order valence-corrected chi connectivity index (χ3v) is 4.23. The molecule has 1 aromatic carbocycles. The van der Waals surface area contributed by atoms with Crippen LogP contribution in [0.1, 0.15) is 25.8 Å². The van der Waals surface area contributed by atoms with Crippen molar-refractivity contribution in [1.29, 1.82) is 5.26 Å². The van der Waals surface area contributed by atoms with E-state index in [1.54, 1.807) is 12.1 Å². The van der Waals surface area contributed by atoms with Gasteiger partial charge in [0, 0.05) is 5.54 Å². The predicted octanol–water partition coefficient (Wildman–Crippen LogP) is 1.28. The van der Waals surface area contributed by atoms with Crippen LogP contribution in [0, 0.1) is 11.3 Å². The molecule has 0 aliphatic rings. The van der Waals surface area contributed by atoms with Gasteiger partial charge in [0.2, 0.25) is 10.0 Å². The van der Waals surface area contributed by atoms with Gasteiger partial charge in [-0.1, -0.05) is 12.1 Å². The first-order valence-corrected chi connectivity index (χ1v) is 7.36. The van der Waals surface area contributed by atoms with Crippen LogP contribution in [-0.4, -0.2) is 25.0 Å². The molecule has 2 N–H and O–H groups in total. The van der Waals surface area contributed by atoms with E-state index >= 15 is 0 Å².